The lowest BCUT2D eigenvalue weighted by Gasteiger charge is -2.08. The lowest BCUT2D eigenvalue weighted by molar-refractivity contribution is -0.385. The van der Waals surface area contributed by atoms with Gasteiger partial charge in [0.25, 0.3) is 5.91 Å². The SMILES string of the molecule is O=C(COc1ccc(Cl)cc1[N+](=O)[O-])Nc1ccc(Br)cc1. The van der Waals surface area contributed by atoms with Gasteiger partial charge < -0.3 is 10.1 Å². The van der Waals surface area contributed by atoms with Crippen LogP contribution < -0.4 is 10.1 Å². The molecule has 0 radical (unpaired) electrons. The van der Waals surface area contributed by atoms with Crippen LogP contribution in [-0.4, -0.2) is 17.4 Å². The number of nitrogens with one attached hydrogen (secondary N) is 1. The van der Waals surface area contributed by atoms with E-state index in [1.54, 1.807) is 24.3 Å². The van der Waals surface area contributed by atoms with Gasteiger partial charge in [0.1, 0.15) is 0 Å². The summed E-state index contributed by atoms with van der Waals surface area (Å²) in [5.74, 6) is -0.438. The molecule has 8 heteroatoms. The summed E-state index contributed by atoms with van der Waals surface area (Å²) >= 11 is 8.99. The molecule has 2 aromatic rings. The fraction of sp³-hybridized carbons (Fsp3) is 0.0714. The van der Waals surface area contributed by atoms with E-state index < -0.39 is 10.8 Å². The van der Waals surface area contributed by atoms with Crippen molar-refractivity contribution in [3.63, 3.8) is 0 Å². The Hall–Kier alpha value is -2.12. The Labute approximate surface area is 139 Å². The average Bonchev–Trinajstić information content (AvgIpc) is 2.48. The maximum absolute atomic E-state index is 11.8. The van der Waals surface area contributed by atoms with Crippen molar-refractivity contribution in [3.05, 3.63) is 62.1 Å². The smallest absolute Gasteiger partial charge is 0.312 e. The molecule has 2 aromatic carbocycles. The van der Waals surface area contributed by atoms with E-state index in [9.17, 15) is 14.9 Å². The second-order valence-electron chi connectivity index (χ2n) is 4.21. The third kappa shape index (κ3) is 4.44. The summed E-state index contributed by atoms with van der Waals surface area (Å²) in [5, 5.41) is 13.7. The molecule has 0 heterocycles. The molecule has 0 aliphatic heterocycles. The molecule has 0 fully saturated rings. The Morgan fingerprint density at radius 3 is 2.59 bits per heavy atom. The van der Waals surface area contributed by atoms with Crippen LogP contribution in [0.3, 0.4) is 0 Å². The van der Waals surface area contributed by atoms with Gasteiger partial charge >= 0.3 is 5.69 Å². The summed E-state index contributed by atoms with van der Waals surface area (Å²) in [7, 11) is 0. The number of anilines is 1. The summed E-state index contributed by atoms with van der Waals surface area (Å²) in [6.07, 6.45) is 0. The lowest BCUT2D eigenvalue weighted by atomic mass is 10.3. The van der Waals surface area contributed by atoms with Gasteiger partial charge in [-0.1, -0.05) is 27.5 Å². The van der Waals surface area contributed by atoms with Crippen molar-refractivity contribution in [1.29, 1.82) is 0 Å². The van der Waals surface area contributed by atoms with Crippen molar-refractivity contribution in [2.45, 2.75) is 0 Å². The summed E-state index contributed by atoms with van der Waals surface area (Å²) in [6, 6.07) is 11.0. The molecular formula is C14H10BrClN2O4. The standard InChI is InChI=1S/C14H10BrClN2O4/c15-9-1-4-11(5-2-9)17-14(19)8-22-13-6-3-10(16)7-12(13)18(20)21/h1-7H,8H2,(H,17,19). The minimum Gasteiger partial charge on any atom is -0.477 e. The van der Waals surface area contributed by atoms with Gasteiger partial charge in [0.2, 0.25) is 0 Å². The lowest BCUT2D eigenvalue weighted by Crippen LogP contribution is -2.20. The monoisotopic (exact) mass is 384 g/mol. The second-order valence-corrected chi connectivity index (χ2v) is 5.57. The number of ether oxygens (including phenoxy) is 1. The second kappa shape index (κ2) is 7.24. The van der Waals surface area contributed by atoms with Crippen molar-refractivity contribution in [2.24, 2.45) is 0 Å². The number of hydrogen-bond acceptors (Lipinski definition) is 4. The molecular weight excluding hydrogens is 376 g/mol. The van der Waals surface area contributed by atoms with Gasteiger partial charge in [0.15, 0.2) is 12.4 Å². The van der Waals surface area contributed by atoms with Crippen molar-refractivity contribution in [3.8, 4) is 5.75 Å². The fourth-order valence-corrected chi connectivity index (χ4v) is 2.06. The first-order valence-corrected chi connectivity index (χ1v) is 7.25. The summed E-state index contributed by atoms with van der Waals surface area (Å²) in [6.45, 7) is -0.349. The number of nitro groups is 1. The van der Waals surface area contributed by atoms with E-state index >= 15 is 0 Å². The Bertz CT molecular complexity index is 706. The number of rotatable bonds is 5. The minimum absolute atomic E-state index is 0.0136. The Morgan fingerprint density at radius 2 is 1.95 bits per heavy atom. The van der Waals surface area contributed by atoms with Crippen molar-refractivity contribution < 1.29 is 14.5 Å². The zero-order valence-electron chi connectivity index (χ0n) is 11.1. The van der Waals surface area contributed by atoms with Crippen LogP contribution in [0.2, 0.25) is 5.02 Å². The molecule has 0 unspecified atom stereocenters. The number of benzene rings is 2. The number of nitrogens with zero attached hydrogens (tertiary/aromatic N) is 1. The van der Waals surface area contributed by atoms with Crippen molar-refractivity contribution in [2.75, 3.05) is 11.9 Å². The van der Waals surface area contributed by atoms with Gasteiger partial charge in [0, 0.05) is 21.2 Å². The zero-order chi connectivity index (χ0) is 16.1. The molecule has 0 saturated carbocycles. The quantitative estimate of drug-likeness (QED) is 0.622. The molecule has 0 aromatic heterocycles. The summed E-state index contributed by atoms with van der Waals surface area (Å²) < 4.78 is 6.08. The molecule has 6 nitrogen and oxygen atoms in total. The molecule has 0 spiro atoms. The van der Waals surface area contributed by atoms with Gasteiger partial charge in [0.05, 0.1) is 4.92 Å². The number of carbonyl (C=O) groups excluding carboxylic acids is 1. The van der Waals surface area contributed by atoms with E-state index in [-0.39, 0.29) is 23.1 Å². The maximum atomic E-state index is 11.8. The first kappa shape index (κ1) is 16.3. The third-order valence-corrected chi connectivity index (χ3v) is 3.37. The summed E-state index contributed by atoms with van der Waals surface area (Å²) in [4.78, 5) is 22.1. The molecule has 0 aliphatic rings. The number of carbonyl (C=O) groups is 1. The highest BCUT2D eigenvalue weighted by molar-refractivity contribution is 9.10. The van der Waals surface area contributed by atoms with E-state index in [1.165, 1.54) is 18.2 Å². The van der Waals surface area contributed by atoms with Crippen LogP contribution in [-0.2, 0) is 4.79 Å². The van der Waals surface area contributed by atoms with Gasteiger partial charge in [-0.15, -0.1) is 0 Å². The van der Waals surface area contributed by atoms with Crippen LogP contribution in [0, 0.1) is 10.1 Å². The van der Waals surface area contributed by atoms with Crippen molar-refractivity contribution in [1.82, 2.24) is 0 Å². The number of nitro benzene ring substituents is 1. The number of halogens is 2. The highest BCUT2D eigenvalue weighted by Gasteiger charge is 2.16. The first-order valence-electron chi connectivity index (χ1n) is 6.08. The maximum Gasteiger partial charge on any atom is 0.312 e. The van der Waals surface area contributed by atoms with Gasteiger partial charge in [-0.3, -0.25) is 14.9 Å². The molecule has 2 rings (SSSR count). The molecule has 114 valence electrons. The highest BCUT2D eigenvalue weighted by Crippen LogP contribution is 2.29. The van der Waals surface area contributed by atoms with Crippen LogP contribution >= 0.6 is 27.5 Å². The topological polar surface area (TPSA) is 81.5 Å². The number of amides is 1. The van der Waals surface area contributed by atoms with Gasteiger partial charge in [-0.2, -0.15) is 0 Å². The van der Waals surface area contributed by atoms with Gasteiger partial charge in [-0.25, -0.2) is 0 Å². The molecule has 22 heavy (non-hydrogen) atoms. The third-order valence-electron chi connectivity index (χ3n) is 2.60. The van der Waals surface area contributed by atoms with Crippen LogP contribution in [0.4, 0.5) is 11.4 Å². The van der Waals surface area contributed by atoms with Crippen LogP contribution in [0.1, 0.15) is 0 Å². The average molecular weight is 386 g/mol. The predicted octanol–water partition coefficient (Wildman–Crippen LogP) is 4.03. The van der Waals surface area contributed by atoms with Gasteiger partial charge in [-0.05, 0) is 36.4 Å². The zero-order valence-corrected chi connectivity index (χ0v) is 13.4. The highest BCUT2D eigenvalue weighted by atomic mass is 79.9. The largest absolute Gasteiger partial charge is 0.477 e. The Kier molecular flexibility index (Phi) is 5.35. The first-order chi connectivity index (χ1) is 10.5. The Balaban J connectivity index is 1.99. The van der Waals surface area contributed by atoms with Crippen LogP contribution in [0.15, 0.2) is 46.9 Å². The number of hydrogen-bond donors (Lipinski definition) is 1. The predicted molar refractivity (Wildman–Crippen MR) is 86.4 cm³/mol. The van der Waals surface area contributed by atoms with Crippen LogP contribution in [0.25, 0.3) is 0 Å². The van der Waals surface area contributed by atoms with E-state index in [1.807, 2.05) is 0 Å². The van der Waals surface area contributed by atoms with E-state index in [2.05, 4.69) is 21.2 Å². The minimum atomic E-state index is -0.617. The molecule has 1 amide bonds. The molecule has 1 N–H and O–H groups in total. The molecule has 0 aliphatic carbocycles. The molecule has 0 bridgehead atoms. The van der Waals surface area contributed by atoms with E-state index in [4.69, 9.17) is 16.3 Å². The van der Waals surface area contributed by atoms with Crippen LogP contribution in [0.5, 0.6) is 5.75 Å². The molecule has 0 atom stereocenters. The van der Waals surface area contributed by atoms with E-state index in [0.29, 0.717) is 5.69 Å². The van der Waals surface area contributed by atoms with Crippen molar-refractivity contribution >= 4 is 44.8 Å². The fourth-order valence-electron chi connectivity index (χ4n) is 1.63. The van der Waals surface area contributed by atoms with E-state index in [0.717, 1.165) is 4.47 Å². The summed E-state index contributed by atoms with van der Waals surface area (Å²) in [5.41, 5.74) is 0.311. The Morgan fingerprint density at radius 1 is 1.27 bits per heavy atom. The molecule has 0 saturated heterocycles. The normalized spacial score (nSPS) is 10.1.